The number of carbonyl (C=O) groups is 1. The van der Waals surface area contributed by atoms with Crippen LogP contribution in [0.3, 0.4) is 0 Å². The summed E-state index contributed by atoms with van der Waals surface area (Å²) in [6.45, 7) is 5.72. The minimum Gasteiger partial charge on any atom is -0.396 e. The summed E-state index contributed by atoms with van der Waals surface area (Å²) in [6, 6.07) is 0. The van der Waals surface area contributed by atoms with Gasteiger partial charge in [-0.2, -0.15) is 0 Å². The lowest BCUT2D eigenvalue weighted by Crippen LogP contribution is -2.28. The summed E-state index contributed by atoms with van der Waals surface area (Å²) in [5.41, 5.74) is 0. The van der Waals surface area contributed by atoms with Crippen LogP contribution in [0.5, 0.6) is 0 Å². The van der Waals surface area contributed by atoms with Gasteiger partial charge in [0.25, 0.3) is 0 Å². The van der Waals surface area contributed by atoms with Crippen molar-refractivity contribution in [2.24, 2.45) is 11.8 Å². The molecule has 0 saturated carbocycles. The predicted molar refractivity (Wildman–Crippen MR) is 46.6 cm³/mol. The second-order valence-corrected chi connectivity index (χ2v) is 3.57. The van der Waals surface area contributed by atoms with Crippen molar-refractivity contribution in [3.63, 3.8) is 0 Å². The molecule has 2 atom stereocenters. The molecule has 12 heavy (non-hydrogen) atoms. The van der Waals surface area contributed by atoms with Gasteiger partial charge in [-0.15, -0.1) is 0 Å². The highest BCUT2D eigenvalue weighted by atomic mass is 16.3. The second-order valence-electron chi connectivity index (χ2n) is 3.57. The Morgan fingerprint density at radius 3 is 2.67 bits per heavy atom. The zero-order valence-electron chi connectivity index (χ0n) is 7.79. The van der Waals surface area contributed by atoms with Crippen LogP contribution >= 0.6 is 0 Å². The third-order valence-corrected chi connectivity index (χ3v) is 2.66. The Morgan fingerprint density at radius 1 is 1.58 bits per heavy atom. The summed E-state index contributed by atoms with van der Waals surface area (Å²) in [4.78, 5) is 13.1. The van der Waals surface area contributed by atoms with Gasteiger partial charge in [0.2, 0.25) is 5.91 Å². The van der Waals surface area contributed by atoms with Crippen molar-refractivity contribution in [3.05, 3.63) is 0 Å². The molecule has 0 bridgehead atoms. The van der Waals surface area contributed by atoms with Crippen LogP contribution in [-0.2, 0) is 4.79 Å². The molecule has 1 rings (SSSR count). The molecular weight excluding hydrogens is 154 g/mol. The van der Waals surface area contributed by atoms with E-state index in [2.05, 4.69) is 6.92 Å². The van der Waals surface area contributed by atoms with Crippen molar-refractivity contribution in [1.29, 1.82) is 0 Å². The lowest BCUT2D eigenvalue weighted by Gasteiger charge is -2.14. The molecule has 0 aliphatic carbocycles. The van der Waals surface area contributed by atoms with E-state index in [-0.39, 0.29) is 12.5 Å². The van der Waals surface area contributed by atoms with Crippen LogP contribution in [0, 0.1) is 11.8 Å². The zero-order chi connectivity index (χ0) is 9.14. The van der Waals surface area contributed by atoms with Gasteiger partial charge in [-0.05, 0) is 5.92 Å². The number of hydrogen-bond donors (Lipinski definition) is 1. The number of aliphatic hydroxyl groups is 1. The van der Waals surface area contributed by atoms with Crippen molar-refractivity contribution >= 4 is 5.91 Å². The first kappa shape index (κ1) is 9.52. The van der Waals surface area contributed by atoms with Crippen LogP contribution in [0.1, 0.15) is 20.3 Å². The Morgan fingerprint density at radius 2 is 2.25 bits per heavy atom. The maximum atomic E-state index is 11.3. The molecule has 1 saturated heterocycles. The van der Waals surface area contributed by atoms with E-state index in [9.17, 15) is 4.79 Å². The fourth-order valence-electron chi connectivity index (χ4n) is 1.70. The monoisotopic (exact) mass is 171 g/mol. The SMILES string of the molecule is CCC(=O)N1C[C@@H](CO)[C@@H](C)C1. The normalized spacial score (nSPS) is 29.4. The van der Waals surface area contributed by atoms with Gasteiger partial charge in [-0.3, -0.25) is 4.79 Å². The molecule has 3 nitrogen and oxygen atoms in total. The average Bonchev–Trinajstić information content (AvgIpc) is 2.45. The zero-order valence-corrected chi connectivity index (χ0v) is 7.79. The number of hydrogen-bond acceptors (Lipinski definition) is 2. The van der Waals surface area contributed by atoms with Crippen LogP contribution in [-0.4, -0.2) is 35.6 Å². The third kappa shape index (κ3) is 1.78. The predicted octanol–water partition coefficient (Wildman–Crippen LogP) is 0.483. The maximum Gasteiger partial charge on any atom is 0.222 e. The number of amides is 1. The Balaban J connectivity index is 2.48. The molecule has 70 valence electrons. The molecule has 1 aliphatic rings. The fraction of sp³-hybridized carbons (Fsp3) is 0.889. The van der Waals surface area contributed by atoms with Crippen molar-refractivity contribution in [2.45, 2.75) is 20.3 Å². The van der Waals surface area contributed by atoms with Crippen molar-refractivity contribution in [2.75, 3.05) is 19.7 Å². The minimum atomic E-state index is 0.203. The van der Waals surface area contributed by atoms with Gasteiger partial charge in [0.15, 0.2) is 0 Å². The van der Waals surface area contributed by atoms with E-state index in [1.165, 1.54) is 0 Å². The highest BCUT2D eigenvalue weighted by Crippen LogP contribution is 2.22. The van der Waals surface area contributed by atoms with E-state index in [4.69, 9.17) is 5.11 Å². The lowest BCUT2D eigenvalue weighted by atomic mass is 10.00. The molecule has 1 heterocycles. The number of rotatable bonds is 2. The molecule has 1 N–H and O–H groups in total. The van der Waals surface area contributed by atoms with Gasteiger partial charge in [0.1, 0.15) is 0 Å². The molecule has 0 aromatic heterocycles. The number of nitrogens with zero attached hydrogens (tertiary/aromatic N) is 1. The van der Waals surface area contributed by atoms with Crippen LogP contribution in [0.25, 0.3) is 0 Å². The fourth-order valence-corrected chi connectivity index (χ4v) is 1.70. The van der Waals surface area contributed by atoms with E-state index in [0.717, 1.165) is 13.1 Å². The quantitative estimate of drug-likeness (QED) is 0.656. The Kier molecular flexibility index (Phi) is 3.09. The molecule has 0 radical (unpaired) electrons. The first-order valence-corrected chi connectivity index (χ1v) is 4.57. The molecule has 3 heteroatoms. The molecule has 1 aliphatic heterocycles. The van der Waals surface area contributed by atoms with Crippen LogP contribution in [0.15, 0.2) is 0 Å². The maximum absolute atomic E-state index is 11.3. The van der Waals surface area contributed by atoms with E-state index < -0.39 is 0 Å². The van der Waals surface area contributed by atoms with Gasteiger partial charge in [-0.25, -0.2) is 0 Å². The topological polar surface area (TPSA) is 40.5 Å². The van der Waals surface area contributed by atoms with Gasteiger partial charge < -0.3 is 10.0 Å². The van der Waals surface area contributed by atoms with Crippen LogP contribution < -0.4 is 0 Å². The molecule has 0 spiro atoms. The molecule has 1 fully saturated rings. The molecular formula is C9H17NO2. The smallest absolute Gasteiger partial charge is 0.222 e. The van der Waals surface area contributed by atoms with Gasteiger partial charge in [0, 0.05) is 32.0 Å². The van der Waals surface area contributed by atoms with Crippen molar-refractivity contribution in [3.8, 4) is 0 Å². The summed E-state index contributed by atoms with van der Waals surface area (Å²) in [5.74, 6) is 0.948. The van der Waals surface area contributed by atoms with Gasteiger partial charge in [-0.1, -0.05) is 13.8 Å². The highest BCUT2D eigenvalue weighted by Gasteiger charge is 2.30. The van der Waals surface area contributed by atoms with E-state index in [1.54, 1.807) is 0 Å². The Labute approximate surface area is 73.4 Å². The average molecular weight is 171 g/mol. The highest BCUT2D eigenvalue weighted by molar-refractivity contribution is 5.76. The number of carbonyl (C=O) groups excluding carboxylic acids is 1. The van der Waals surface area contributed by atoms with Crippen LogP contribution in [0.4, 0.5) is 0 Å². The summed E-state index contributed by atoms with van der Waals surface area (Å²) in [7, 11) is 0. The second kappa shape index (κ2) is 3.90. The number of likely N-dealkylation sites (tertiary alicyclic amines) is 1. The third-order valence-electron chi connectivity index (χ3n) is 2.66. The largest absolute Gasteiger partial charge is 0.396 e. The first-order chi connectivity index (χ1) is 5.69. The standard InChI is InChI=1S/C9H17NO2/c1-3-9(12)10-4-7(2)8(5-10)6-11/h7-8,11H,3-6H2,1-2H3/t7-,8-/m0/s1. The summed E-state index contributed by atoms with van der Waals surface area (Å²) < 4.78 is 0. The van der Waals surface area contributed by atoms with Crippen molar-refractivity contribution in [1.82, 2.24) is 4.90 Å². The molecule has 1 amide bonds. The first-order valence-electron chi connectivity index (χ1n) is 4.57. The van der Waals surface area contributed by atoms with Gasteiger partial charge in [0.05, 0.1) is 0 Å². The van der Waals surface area contributed by atoms with Crippen LogP contribution in [0.2, 0.25) is 0 Å². The van der Waals surface area contributed by atoms with Gasteiger partial charge >= 0.3 is 0 Å². The summed E-state index contributed by atoms with van der Waals surface area (Å²) in [6.07, 6.45) is 0.574. The summed E-state index contributed by atoms with van der Waals surface area (Å²) in [5, 5.41) is 8.97. The van der Waals surface area contributed by atoms with E-state index in [1.807, 2.05) is 11.8 Å². The Bertz CT molecular complexity index is 170. The van der Waals surface area contributed by atoms with E-state index in [0.29, 0.717) is 18.3 Å². The summed E-state index contributed by atoms with van der Waals surface area (Å²) >= 11 is 0. The number of aliphatic hydroxyl groups excluding tert-OH is 1. The van der Waals surface area contributed by atoms with E-state index >= 15 is 0 Å². The molecule has 0 aromatic rings. The minimum absolute atomic E-state index is 0.203. The van der Waals surface area contributed by atoms with Crippen molar-refractivity contribution < 1.29 is 9.90 Å². The molecule has 0 unspecified atom stereocenters. The lowest BCUT2D eigenvalue weighted by molar-refractivity contribution is -0.130. The molecule has 0 aromatic carbocycles. The Hall–Kier alpha value is -0.570.